The molecular formula is C18H18FN5O3. The summed E-state index contributed by atoms with van der Waals surface area (Å²) in [5.74, 6) is -1.90. The maximum atomic E-state index is 13.4. The van der Waals surface area contributed by atoms with Crippen LogP contribution in [0, 0.1) is 19.7 Å². The van der Waals surface area contributed by atoms with Gasteiger partial charge in [-0.25, -0.2) is 13.9 Å². The largest absolute Gasteiger partial charge is 0.477 e. The van der Waals surface area contributed by atoms with Crippen LogP contribution in [0.3, 0.4) is 0 Å². The van der Waals surface area contributed by atoms with Crippen molar-refractivity contribution in [3.8, 4) is 0 Å². The van der Waals surface area contributed by atoms with Crippen molar-refractivity contribution in [2.45, 2.75) is 26.9 Å². The number of benzene rings is 1. The van der Waals surface area contributed by atoms with Gasteiger partial charge < -0.3 is 10.4 Å². The SMILES string of the molecule is Cc1nn(Cc2cccc(F)c2)c(C)c1NC(=O)Cn1nccc1C(=O)O. The minimum Gasteiger partial charge on any atom is -0.477 e. The smallest absolute Gasteiger partial charge is 0.354 e. The molecule has 0 bridgehead atoms. The van der Waals surface area contributed by atoms with Gasteiger partial charge in [0.1, 0.15) is 18.1 Å². The predicted molar refractivity (Wildman–Crippen MR) is 95.0 cm³/mol. The number of aryl methyl sites for hydroxylation is 1. The van der Waals surface area contributed by atoms with Crippen LogP contribution < -0.4 is 5.32 Å². The van der Waals surface area contributed by atoms with Gasteiger partial charge in [-0.2, -0.15) is 10.2 Å². The third-order valence-corrected chi connectivity index (χ3v) is 4.10. The average molecular weight is 371 g/mol. The summed E-state index contributed by atoms with van der Waals surface area (Å²) in [6, 6.07) is 7.55. The first-order valence-electron chi connectivity index (χ1n) is 8.18. The zero-order valence-electron chi connectivity index (χ0n) is 14.8. The molecule has 2 N–H and O–H groups in total. The van der Waals surface area contributed by atoms with E-state index in [-0.39, 0.29) is 18.1 Å². The number of aromatic nitrogens is 4. The average Bonchev–Trinajstić information content (AvgIpc) is 3.15. The lowest BCUT2D eigenvalue weighted by atomic mass is 10.2. The van der Waals surface area contributed by atoms with Gasteiger partial charge in [0.2, 0.25) is 5.91 Å². The molecule has 0 saturated heterocycles. The molecule has 1 aromatic carbocycles. The number of carbonyl (C=O) groups is 2. The number of anilines is 1. The predicted octanol–water partition coefficient (Wildman–Crippen LogP) is 2.22. The lowest BCUT2D eigenvalue weighted by molar-refractivity contribution is -0.116. The van der Waals surface area contributed by atoms with Crippen LogP contribution in [-0.4, -0.2) is 36.5 Å². The molecule has 0 fully saturated rings. The Morgan fingerprint density at radius 2 is 2.00 bits per heavy atom. The topological polar surface area (TPSA) is 102 Å². The number of nitrogens with one attached hydrogen (secondary N) is 1. The van der Waals surface area contributed by atoms with Crippen molar-refractivity contribution in [3.63, 3.8) is 0 Å². The third-order valence-electron chi connectivity index (χ3n) is 4.10. The molecule has 2 heterocycles. The van der Waals surface area contributed by atoms with Crippen LogP contribution in [-0.2, 0) is 17.9 Å². The molecular weight excluding hydrogens is 353 g/mol. The normalized spacial score (nSPS) is 10.8. The monoisotopic (exact) mass is 371 g/mol. The number of nitrogens with zero attached hydrogens (tertiary/aromatic N) is 4. The van der Waals surface area contributed by atoms with Crippen molar-refractivity contribution in [1.29, 1.82) is 0 Å². The van der Waals surface area contributed by atoms with Crippen LogP contribution in [0.1, 0.15) is 27.4 Å². The number of carboxylic acids is 1. The van der Waals surface area contributed by atoms with Crippen LogP contribution >= 0.6 is 0 Å². The van der Waals surface area contributed by atoms with Crippen LogP contribution in [0.2, 0.25) is 0 Å². The lowest BCUT2D eigenvalue weighted by Crippen LogP contribution is -2.22. The Labute approximate surface area is 154 Å². The number of aromatic carboxylic acids is 1. The fourth-order valence-electron chi connectivity index (χ4n) is 2.80. The summed E-state index contributed by atoms with van der Waals surface area (Å²) < 4.78 is 16.1. The molecule has 0 aliphatic carbocycles. The second kappa shape index (κ2) is 7.40. The highest BCUT2D eigenvalue weighted by Gasteiger charge is 2.17. The van der Waals surface area contributed by atoms with Gasteiger partial charge in [-0.05, 0) is 37.6 Å². The van der Waals surface area contributed by atoms with E-state index in [1.54, 1.807) is 30.7 Å². The molecule has 8 nitrogen and oxygen atoms in total. The van der Waals surface area contributed by atoms with Gasteiger partial charge in [-0.15, -0.1) is 0 Å². The number of amides is 1. The highest BCUT2D eigenvalue weighted by atomic mass is 19.1. The van der Waals surface area contributed by atoms with E-state index in [9.17, 15) is 14.0 Å². The highest BCUT2D eigenvalue weighted by molar-refractivity contribution is 5.92. The second-order valence-corrected chi connectivity index (χ2v) is 6.06. The molecule has 0 aliphatic heterocycles. The van der Waals surface area contributed by atoms with Crippen LogP contribution in [0.15, 0.2) is 36.5 Å². The molecule has 3 rings (SSSR count). The minimum absolute atomic E-state index is 0.0691. The molecule has 27 heavy (non-hydrogen) atoms. The van der Waals surface area contributed by atoms with E-state index in [2.05, 4.69) is 15.5 Å². The number of hydrogen-bond donors (Lipinski definition) is 2. The van der Waals surface area contributed by atoms with Gasteiger partial charge in [0.15, 0.2) is 0 Å². The van der Waals surface area contributed by atoms with Crippen molar-refractivity contribution >= 4 is 17.6 Å². The third kappa shape index (κ3) is 4.02. The van der Waals surface area contributed by atoms with Crippen molar-refractivity contribution in [2.24, 2.45) is 0 Å². The Bertz CT molecular complexity index is 1010. The number of carbonyl (C=O) groups excluding carboxylic acids is 1. The first-order chi connectivity index (χ1) is 12.8. The molecule has 0 radical (unpaired) electrons. The van der Waals surface area contributed by atoms with E-state index in [0.717, 1.165) is 10.2 Å². The fourth-order valence-corrected chi connectivity index (χ4v) is 2.80. The molecule has 0 spiro atoms. The Kier molecular flexibility index (Phi) is 5.02. The van der Waals surface area contributed by atoms with Gasteiger partial charge in [-0.3, -0.25) is 9.48 Å². The molecule has 9 heteroatoms. The Morgan fingerprint density at radius 3 is 2.70 bits per heavy atom. The van der Waals surface area contributed by atoms with Gasteiger partial charge in [0, 0.05) is 6.20 Å². The number of carboxylic acid groups (broad SMARTS) is 1. The summed E-state index contributed by atoms with van der Waals surface area (Å²) in [5.41, 5.74) is 2.54. The molecule has 140 valence electrons. The second-order valence-electron chi connectivity index (χ2n) is 6.06. The van der Waals surface area contributed by atoms with E-state index >= 15 is 0 Å². The van der Waals surface area contributed by atoms with Gasteiger partial charge in [0.25, 0.3) is 0 Å². The molecule has 0 unspecified atom stereocenters. The minimum atomic E-state index is -1.16. The maximum Gasteiger partial charge on any atom is 0.354 e. The summed E-state index contributed by atoms with van der Waals surface area (Å²) in [4.78, 5) is 23.4. The van der Waals surface area contributed by atoms with Crippen LogP contribution in [0.25, 0.3) is 0 Å². The van der Waals surface area contributed by atoms with Crippen LogP contribution in [0.4, 0.5) is 10.1 Å². The first kappa shape index (κ1) is 18.3. The molecule has 3 aromatic rings. The zero-order valence-corrected chi connectivity index (χ0v) is 14.8. The van der Waals surface area contributed by atoms with Gasteiger partial charge >= 0.3 is 5.97 Å². The molecule has 0 saturated carbocycles. The van der Waals surface area contributed by atoms with Crippen molar-refractivity contribution in [2.75, 3.05) is 5.32 Å². The first-order valence-corrected chi connectivity index (χ1v) is 8.18. The van der Waals surface area contributed by atoms with E-state index in [1.807, 2.05) is 0 Å². The molecule has 1 amide bonds. The Balaban J connectivity index is 1.75. The van der Waals surface area contributed by atoms with Gasteiger partial charge in [-0.1, -0.05) is 12.1 Å². The van der Waals surface area contributed by atoms with Crippen molar-refractivity contribution < 1.29 is 19.1 Å². The highest BCUT2D eigenvalue weighted by Crippen LogP contribution is 2.20. The summed E-state index contributed by atoms with van der Waals surface area (Å²) in [6.45, 7) is 3.68. The van der Waals surface area contributed by atoms with E-state index < -0.39 is 11.9 Å². The lowest BCUT2D eigenvalue weighted by Gasteiger charge is -2.08. The summed E-state index contributed by atoms with van der Waals surface area (Å²) in [7, 11) is 0. The Morgan fingerprint density at radius 1 is 1.22 bits per heavy atom. The van der Waals surface area contributed by atoms with Crippen molar-refractivity contribution in [3.05, 3.63) is 65.0 Å². The number of hydrogen-bond acceptors (Lipinski definition) is 4. The quantitative estimate of drug-likeness (QED) is 0.692. The molecule has 2 aromatic heterocycles. The Hall–Kier alpha value is -3.49. The fraction of sp³-hybridized carbons (Fsp3) is 0.222. The van der Waals surface area contributed by atoms with Crippen molar-refractivity contribution in [1.82, 2.24) is 19.6 Å². The van der Waals surface area contributed by atoms with E-state index in [4.69, 9.17) is 5.11 Å². The summed E-state index contributed by atoms with van der Waals surface area (Å²) in [6.07, 6.45) is 1.32. The standard InChI is InChI=1S/C18H18FN5O3/c1-11-17(21-16(25)10-24-15(18(26)27)6-7-20-24)12(2)23(22-11)9-13-4-3-5-14(19)8-13/h3-8H,9-10H2,1-2H3,(H,21,25)(H,26,27). The number of rotatable bonds is 6. The van der Waals surface area contributed by atoms with E-state index in [1.165, 1.54) is 24.4 Å². The molecule has 0 aliphatic rings. The summed E-state index contributed by atoms with van der Waals surface area (Å²) >= 11 is 0. The van der Waals surface area contributed by atoms with Gasteiger partial charge in [0.05, 0.1) is 23.6 Å². The molecule has 0 atom stereocenters. The number of halogens is 1. The zero-order chi connectivity index (χ0) is 19.6. The summed E-state index contributed by atoms with van der Waals surface area (Å²) in [5, 5.41) is 20.1. The van der Waals surface area contributed by atoms with Crippen LogP contribution in [0.5, 0.6) is 0 Å². The van der Waals surface area contributed by atoms with E-state index in [0.29, 0.717) is 23.6 Å². The maximum absolute atomic E-state index is 13.4.